The highest BCUT2D eigenvalue weighted by molar-refractivity contribution is 6.23. The lowest BCUT2D eigenvalue weighted by Crippen LogP contribution is -2.48. The number of piperidine rings is 1. The molecule has 2 heterocycles. The zero-order chi connectivity index (χ0) is 34.8. The molecule has 1 saturated heterocycles. The van der Waals surface area contributed by atoms with Crippen LogP contribution in [0.5, 0.6) is 0 Å². The van der Waals surface area contributed by atoms with Crippen LogP contribution in [0.2, 0.25) is 0 Å². The molecule has 1 aromatic carbocycles. The molecule has 2 atom stereocenters. The Balaban J connectivity index is 0. The fourth-order valence-electron chi connectivity index (χ4n) is 4.74. The molecule has 1 aromatic rings. The van der Waals surface area contributed by atoms with Crippen molar-refractivity contribution in [2.75, 3.05) is 40.4 Å². The number of amides is 3. The molecule has 3 amide bonds. The number of carbonyl (C=O) groups is 4. The summed E-state index contributed by atoms with van der Waals surface area (Å²) in [5.41, 5.74) is 1.46. The predicted molar refractivity (Wildman–Crippen MR) is 183 cm³/mol. The normalized spacial score (nSPS) is 15.6. The largest absolute Gasteiger partial charge is 0.374 e. The number of rotatable bonds is 11. The zero-order valence-corrected chi connectivity index (χ0v) is 30.0. The van der Waals surface area contributed by atoms with Crippen LogP contribution in [-0.4, -0.2) is 92.5 Å². The molecule has 0 aromatic heterocycles. The van der Waals surface area contributed by atoms with Crippen LogP contribution >= 0.6 is 0 Å². The summed E-state index contributed by atoms with van der Waals surface area (Å²) >= 11 is 0. The number of methoxy groups -OCH3 is 1. The summed E-state index contributed by atoms with van der Waals surface area (Å²) in [4.78, 5) is 50.6. The van der Waals surface area contributed by atoms with Crippen molar-refractivity contribution >= 4 is 24.0 Å². The van der Waals surface area contributed by atoms with Gasteiger partial charge < -0.3 is 19.6 Å². The van der Waals surface area contributed by atoms with Gasteiger partial charge in [0.1, 0.15) is 18.9 Å². The molecule has 0 aliphatic carbocycles. The average molecular weight is 632 g/mol. The minimum absolute atomic E-state index is 0.102. The van der Waals surface area contributed by atoms with E-state index in [1.807, 2.05) is 48.5 Å². The average Bonchev–Trinajstić information content (AvgIpc) is 3.33. The zero-order valence-electron chi connectivity index (χ0n) is 30.0. The fraction of sp³-hybridized carbons (Fsp3) is 0.667. The number of nitrogens with one attached hydrogen (secondary N) is 1. The SMILES string of the molecule is CC.CC.CC.CCC(CC)OC1CCCN(CC#CCOC)C1.CNC(=O)C(CCC=O)N1C(=O)c2ccc(C)cc2C1=O. The number of benzene rings is 1. The second kappa shape index (κ2) is 27.3. The molecule has 0 spiro atoms. The van der Waals surface area contributed by atoms with E-state index < -0.39 is 23.8 Å². The van der Waals surface area contributed by atoms with Gasteiger partial charge in [-0.3, -0.25) is 24.2 Å². The maximum atomic E-state index is 12.4. The van der Waals surface area contributed by atoms with E-state index in [1.165, 1.54) is 19.9 Å². The predicted octanol–water partition coefficient (Wildman–Crippen LogP) is 6.07. The van der Waals surface area contributed by atoms with Gasteiger partial charge in [0.05, 0.1) is 29.9 Å². The van der Waals surface area contributed by atoms with Crippen LogP contribution in [0.15, 0.2) is 18.2 Å². The molecular weight excluding hydrogens is 570 g/mol. The molecular formula is C36H61N3O6. The summed E-state index contributed by atoms with van der Waals surface area (Å²) in [6.07, 6.45) is 6.34. The minimum atomic E-state index is -0.965. The van der Waals surface area contributed by atoms with E-state index in [-0.39, 0.29) is 12.8 Å². The molecule has 0 bridgehead atoms. The molecule has 2 aliphatic rings. The van der Waals surface area contributed by atoms with Crippen molar-refractivity contribution in [2.45, 2.75) is 119 Å². The molecule has 0 saturated carbocycles. The van der Waals surface area contributed by atoms with Gasteiger partial charge in [0.2, 0.25) is 5.91 Å². The number of ether oxygens (including phenoxy) is 2. The maximum absolute atomic E-state index is 12.4. The Kier molecular flexibility index (Phi) is 26.7. The summed E-state index contributed by atoms with van der Waals surface area (Å²) in [5, 5.41) is 2.43. The Hall–Kier alpha value is -3.06. The van der Waals surface area contributed by atoms with Gasteiger partial charge in [-0.15, -0.1) is 0 Å². The summed E-state index contributed by atoms with van der Waals surface area (Å²) in [6.45, 7) is 21.8. The van der Waals surface area contributed by atoms with Crippen LogP contribution in [0, 0.1) is 18.8 Å². The molecule has 1 N–H and O–H groups in total. The van der Waals surface area contributed by atoms with Crippen LogP contribution in [0.1, 0.15) is 120 Å². The van der Waals surface area contributed by atoms with Crippen molar-refractivity contribution in [3.05, 3.63) is 34.9 Å². The van der Waals surface area contributed by atoms with Crippen LogP contribution in [-0.2, 0) is 19.1 Å². The van der Waals surface area contributed by atoms with Gasteiger partial charge in [-0.25, -0.2) is 0 Å². The van der Waals surface area contributed by atoms with Crippen molar-refractivity contribution in [3.63, 3.8) is 0 Å². The molecule has 0 radical (unpaired) electrons. The van der Waals surface area contributed by atoms with E-state index in [0.29, 0.717) is 36.2 Å². The Morgan fingerprint density at radius 3 is 2.22 bits per heavy atom. The second-order valence-electron chi connectivity index (χ2n) is 9.76. The Labute approximate surface area is 273 Å². The summed E-state index contributed by atoms with van der Waals surface area (Å²) in [7, 11) is 3.10. The van der Waals surface area contributed by atoms with E-state index in [2.05, 4.69) is 35.9 Å². The smallest absolute Gasteiger partial charge is 0.262 e. The van der Waals surface area contributed by atoms with Crippen LogP contribution in [0.3, 0.4) is 0 Å². The Morgan fingerprint density at radius 2 is 1.67 bits per heavy atom. The molecule has 3 rings (SSSR count). The standard InChI is InChI=1S/C15H16N2O4.C15H27NO2.3C2H6/c1-9-5-6-10-11(8-9)15(21)17(14(10)20)12(4-3-7-18)13(19)16-2;1-4-14(5-2)18-15-9-8-11-16(13-15)10-6-7-12-17-3;3*1-2/h5-8,12H,3-4H2,1-2H3,(H,16,19);14-15H,4-5,8-13H2,1-3H3;3*1-2H3. The first kappa shape index (κ1) is 44.1. The highest BCUT2D eigenvalue weighted by Crippen LogP contribution is 2.27. The van der Waals surface area contributed by atoms with Crippen molar-refractivity contribution in [2.24, 2.45) is 0 Å². The number of hydrogen-bond acceptors (Lipinski definition) is 7. The number of likely N-dealkylation sites (N-methyl/N-ethyl adjacent to an activating group) is 1. The quantitative estimate of drug-likeness (QED) is 0.180. The number of aryl methyl sites for hydroxylation is 1. The summed E-state index contributed by atoms with van der Waals surface area (Å²) < 4.78 is 11.1. The van der Waals surface area contributed by atoms with E-state index in [4.69, 9.17) is 9.47 Å². The molecule has 2 aliphatic heterocycles. The monoisotopic (exact) mass is 631 g/mol. The first-order chi connectivity index (χ1) is 21.8. The van der Waals surface area contributed by atoms with Crippen molar-refractivity contribution < 1.29 is 28.7 Å². The Bertz CT molecular complexity index is 1040. The lowest BCUT2D eigenvalue weighted by atomic mass is 10.1. The molecule has 2 unspecified atom stereocenters. The highest BCUT2D eigenvalue weighted by atomic mass is 16.5. The van der Waals surface area contributed by atoms with Crippen molar-refractivity contribution in [1.29, 1.82) is 0 Å². The fourth-order valence-corrected chi connectivity index (χ4v) is 4.74. The first-order valence-electron chi connectivity index (χ1n) is 16.8. The molecule has 45 heavy (non-hydrogen) atoms. The number of fused-ring (bicyclic) bond motifs is 1. The number of nitrogens with zero attached hydrogens (tertiary/aromatic N) is 2. The second-order valence-corrected chi connectivity index (χ2v) is 9.76. The third-order valence-electron chi connectivity index (χ3n) is 6.89. The van der Waals surface area contributed by atoms with Crippen LogP contribution in [0.4, 0.5) is 0 Å². The van der Waals surface area contributed by atoms with E-state index >= 15 is 0 Å². The van der Waals surface area contributed by atoms with Gasteiger partial charge in [-0.1, -0.05) is 78.9 Å². The van der Waals surface area contributed by atoms with Gasteiger partial charge in [-0.2, -0.15) is 0 Å². The first-order valence-corrected chi connectivity index (χ1v) is 16.8. The number of imide groups is 1. The van der Waals surface area contributed by atoms with Gasteiger partial charge >= 0.3 is 0 Å². The lowest BCUT2D eigenvalue weighted by Gasteiger charge is -2.33. The summed E-state index contributed by atoms with van der Waals surface area (Å²) in [5.74, 6) is 4.72. The van der Waals surface area contributed by atoms with Gasteiger partial charge in [-0.05, 0) is 57.7 Å². The molecule has 9 heteroatoms. The Morgan fingerprint density at radius 1 is 1.04 bits per heavy atom. The van der Waals surface area contributed by atoms with E-state index in [0.717, 1.165) is 42.9 Å². The topological polar surface area (TPSA) is 105 Å². The number of aldehydes is 1. The van der Waals surface area contributed by atoms with Gasteiger partial charge in [0.15, 0.2) is 0 Å². The molecule has 256 valence electrons. The van der Waals surface area contributed by atoms with E-state index in [1.54, 1.807) is 25.3 Å². The highest BCUT2D eigenvalue weighted by Gasteiger charge is 2.42. The maximum Gasteiger partial charge on any atom is 0.262 e. The number of carbonyl (C=O) groups excluding carboxylic acids is 4. The molecule has 1 fully saturated rings. The van der Waals surface area contributed by atoms with Gasteiger partial charge in [0, 0.05) is 27.1 Å². The van der Waals surface area contributed by atoms with Crippen molar-refractivity contribution in [3.8, 4) is 11.8 Å². The lowest BCUT2D eigenvalue weighted by molar-refractivity contribution is -0.124. The third-order valence-corrected chi connectivity index (χ3v) is 6.89. The third kappa shape index (κ3) is 15.2. The molecule has 9 nitrogen and oxygen atoms in total. The number of hydrogen-bond donors (Lipinski definition) is 1. The van der Waals surface area contributed by atoms with Gasteiger partial charge in [0.25, 0.3) is 11.8 Å². The van der Waals surface area contributed by atoms with Crippen LogP contribution < -0.4 is 5.32 Å². The number of likely N-dealkylation sites (tertiary alicyclic amines) is 1. The van der Waals surface area contributed by atoms with Crippen LogP contribution in [0.25, 0.3) is 0 Å². The van der Waals surface area contributed by atoms with Crippen molar-refractivity contribution in [1.82, 2.24) is 15.1 Å². The summed E-state index contributed by atoms with van der Waals surface area (Å²) in [6, 6.07) is 4.00. The minimum Gasteiger partial charge on any atom is -0.374 e. The van der Waals surface area contributed by atoms with E-state index in [9.17, 15) is 19.2 Å².